The third-order valence-electron chi connectivity index (χ3n) is 7.32. The molecule has 0 bridgehead atoms. The van der Waals surface area contributed by atoms with E-state index in [1.54, 1.807) is 0 Å². The fourth-order valence-electron chi connectivity index (χ4n) is 5.94. The molecule has 3 saturated carbocycles. The summed E-state index contributed by atoms with van der Waals surface area (Å²) in [7, 11) is 0. The molecule has 3 aliphatic carbocycles. The minimum absolute atomic E-state index is 0.0556. The minimum Gasteiger partial charge on any atom is -0.244 e. The molecule has 0 aliphatic heterocycles. The molecule has 0 amide bonds. The molecule has 6 atom stereocenters. The van der Waals surface area contributed by atoms with E-state index in [2.05, 4.69) is 6.92 Å². The standard InChI is InChI=1S/C21H35F3/c1-2-3-14-6-8-18-11-15(7-9-17(18)10-14)4-5-16-12-19(22)21(24)20(23)13-16/h14-21H,2-13H2,1H3. The van der Waals surface area contributed by atoms with Crippen LogP contribution in [0, 0.1) is 29.6 Å². The van der Waals surface area contributed by atoms with Crippen molar-refractivity contribution in [3.8, 4) is 0 Å². The Morgan fingerprint density at radius 3 is 1.67 bits per heavy atom. The molecule has 3 rings (SSSR count). The number of hydrogen-bond acceptors (Lipinski definition) is 0. The second kappa shape index (κ2) is 8.45. The van der Waals surface area contributed by atoms with Gasteiger partial charge in [0.05, 0.1) is 0 Å². The predicted molar refractivity (Wildman–Crippen MR) is 93.2 cm³/mol. The van der Waals surface area contributed by atoms with Gasteiger partial charge in [-0.3, -0.25) is 0 Å². The van der Waals surface area contributed by atoms with Crippen molar-refractivity contribution >= 4 is 0 Å². The van der Waals surface area contributed by atoms with Crippen LogP contribution in [0.1, 0.15) is 84.0 Å². The summed E-state index contributed by atoms with van der Waals surface area (Å²) in [5, 5.41) is 0. The first-order valence-electron chi connectivity index (χ1n) is 10.5. The lowest BCUT2D eigenvalue weighted by atomic mass is 9.63. The average Bonchev–Trinajstić information content (AvgIpc) is 2.58. The van der Waals surface area contributed by atoms with Gasteiger partial charge in [0.2, 0.25) is 0 Å². The van der Waals surface area contributed by atoms with Crippen LogP contribution in [0.15, 0.2) is 0 Å². The van der Waals surface area contributed by atoms with E-state index >= 15 is 0 Å². The van der Waals surface area contributed by atoms with Crippen molar-refractivity contribution in [3.05, 3.63) is 0 Å². The van der Waals surface area contributed by atoms with Crippen LogP contribution in [-0.4, -0.2) is 18.5 Å². The summed E-state index contributed by atoms with van der Waals surface area (Å²) in [6.07, 6.45) is 8.40. The van der Waals surface area contributed by atoms with Crippen LogP contribution in [0.25, 0.3) is 0 Å². The lowest BCUT2D eigenvalue weighted by Crippen LogP contribution is -2.37. The SMILES string of the molecule is CCCC1CCC2CC(CCC3CC(F)C(F)C(F)C3)CCC2C1. The van der Waals surface area contributed by atoms with Gasteiger partial charge in [0.25, 0.3) is 0 Å². The van der Waals surface area contributed by atoms with Crippen molar-refractivity contribution in [2.75, 3.05) is 0 Å². The van der Waals surface area contributed by atoms with E-state index in [0.29, 0.717) is 0 Å². The molecule has 0 saturated heterocycles. The topological polar surface area (TPSA) is 0 Å². The first-order valence-corrected chi connectivity index (χ1v) is 10.5. The first-order chi connectivity index (χ1) is 11.6. The van der Waals surface area contributed by atoms with E-state index < -0.39 is 18.5 Å². The molecule has 0 nitrogen and oxygen atoms in total. The monoisotopic (exact) mass is 344 g/mol. The Hall–Kier alpha value is -0.210. The van der Waals surface area contributed by atoms with E-state index in [1.165, 1.54) is 51.4 Å². The van der Waals surface area contributed by atoms with Gasteiger partial charge in [0.15, 0.2) is 6.17 Å². The van der Waals surface area contributed by atoms with Gasteiger partial charge in [-0.15, -0.1) is 0 Å². The third kappa shape index (κ3) is 4.49. The highest BCUT2D eigenvalue weighted by Crippen LogP contribution is 2.47. The van der Waals surface area contributed by atoms with Crippen LogP contribution in [0.5, 0.6) is 0 Å². The fraction of sp³-hybridized carbons (Fsp3) is 1.00. The van der Waals surface area contributed by atoms with E-state index in [9.17, 15) is 13.2 Å². The number of alkyl halides is 3. The van der Waals surface area contributed by atoms with E-state index in [1.807, 2.05) is 0 Å². The zero-order valence-corrected chi connectivity index (χ0v) is 15.2. The molecule has 3 heteroatoms. The highest BCUT2D eigenvalue weighted by atomic mass is 19.2. The Labute approximate surface area is 146 Å². The summed E-state index contributed by atoms with van der Waals surface area (Å²) in [6.45, 7) is 2.29. The van der Waals surface area contributed by atoms with Gasteiger partial charge in [-0.2, -0.15) is 0 Å². The highest BCUT2D eigenvalue weighted by molar-refractivity contribution is 4.89. The third-order valence-corrected chi connectivity index (χ3v) is 7.32. The molecule has 24 heavy (non-hydrogen) atoms. The van der Waals surface area contributed by atoms with Crippen LogP contribution in [0.3, 0.4) is 0 Å². The van der Waals surface area contributed by atoms with Gasteiger partial charge in [-0.1, -0.05) is 39.0 Å². The number of fused-ring (bicyclic) bond motifs is 1. The minimum atomic E-state index is -1.88. The maximum absolute atomic E-state index is 13.5. The molecule has 0 aromatic rings. The predicted octanol–water partition coefficient (Wildman–Crippen LogP) is 6.82. The second-order valence-electron chi connectivity index (χ2n) is 9.06. The molecule has 0 spiro atoms. The smallest absolute Gasteiger partial charge is 0.162 e. The summed E-state index contributed by atoms with van der Waals surface area (Å²) in [5.74, 6) is 3.61. The van der Waals surface area contributed by atoms with Gasteiger partial charge in [-0.25, -0.2) is 13.2 Å². The van der Waals surface area contributed by atoms with Crippen LogP contribution in [0.2, 0.25) is 0 Å². The Kier molecular flexibility index (Phi) is 6.54. The molecule has 0 N–H and O–H groups in total. The molecule has 3 fully saturated rings. The molecule has 0 aromatic heterocycles. The Morgan fingerprint density at radius 2 is 1.12 bits per heavy atom. The fourth-order valence-corrected chi connectivity index (χ4v) is 5.94. The summed E-state index contributed by atoms with van der Waals surface area (Å²) in [5.41, 5.74) is 0. The van der Waals surface area contributed by atoms with Gasteiger partial charge < -0.3 is 0 Å². The molecule has 3 aliphatic rings. The van der Waals surface area contributed by atoms with Crippen LogP contribution in [0.4, 0.5) is 13.2 Å². The van der Waals surface area contributed by atoms with Gasteiger partial charge in [-0.05, 0) is 74.5 Å². The van der Waals surface area contributed by atoms with Crippen molar-refractivity contribution in [1.29, 1.82) is 0 Å². The molecule has 0 heterocycles. The molecule has 140 valence electrons. The second-order valence-corrected chi connectivity index (χ2v) is 9.06. The zero-order chi connectivity index (χ0) is 17.1. The van der Waals surface area contributed by atoms with Crippen molar-refractivity contribution < 1.29 is 13.2 Å². The van der Waals surface area contributed by atoms with Gasteiger partial charge in [0.1, 0.15) is 12.3 Å². The summed E-state index contributed by atoms with van der Waals surface area (Å²) >= 11 is 0. The normalized spacial score (nSPS) is 46.5. The quantitative estimate of drug-likeness (QED) is 0.513. The Morgan fingerprint density at radius 1 is 0.625 bits per heavy atom. The van der Waals surface area contributed by atoms with E-state index in [-0.39, 0.29) is 18.8 Å². The van der Waals surface area contributed by atoms with Crippen molar-refractivity contribution in [2.24, 2.45) is 29.6 Å². The van der Waals surface area contributed by atoms with E-state index in [4.69, 9.17) is 0 Å². The number of rotatable bonds is 5. The maximum atomic E-state index is 13.5. The molecule has 0 aromatic carbocycles. The lowest BCUT2D eigenvalue weighted by Gasteiger charge is -2.42. The van der Waals surface area contributed by atoms with Crippen LogP contribution in [-0.2, 0) is 0 Å². The van der Waals surface area contributed by atoms with Crippen molar-refractivity contribution in [2.45, 2.75) is 102 Å². The number of halogens is 3. The lowest BCUT2D eigenvalue weighted by molar-refractivity contribution is 0.0129. The van der Waals surface area contributed by atoms with Gasteiger partial charge in [0, 0.05) is 0 Å². The van der Waals surface area contributed by atoms with E-state index in [0.717, 1.165) is 36.5 Å². The molecular weight excluding hydrogens is 309 g/mol. The highest BCUT2D eigenvalue weighted by Gasteiger charge is 2.39. The number of hydrogen-bond donors (Lipinski definition) is 0. The molecule has 0 radical (unpaired) electrons. The van der Waals surface area contributed by atoms with Gasteiger partial charge >= 0.3 is 0 Å². The maximum Gasteiger partial charge on any atom is 0.162 e. The van der Waals surface area contributed by atoms with Crippen LogP contribution < -0.4 is 0 Å². The van der Waals surface area contributed by atoms with Crippen molar-refractivity contribution in [1.82, 2.24) is 0 Å². The first kappa shape index (κ1) is 18.6. The Balaban J connectivity index is 1.41. The van der Waals surface area contributed by atoms with Crippen LogP contribution >= 0.6 is 0 Å². The Bertz CT molecular complexity index is 373. The summed E-state index contributed by atoms with van der Waals surface area (Å²) in [4.78, 5) is 0. The zero-order valence-electron chi connectivity index (χ0n) is 15.2. The largest absolute Gasteiger partial charge is 0.244 e. The average molecular weight is 345 g/mol. The molecule has 6 unspecified atom stereocenters. The summed E-state index contributed by atoms with van der Waals surface area (Å²) < 4.78 is 40.4. The summed E-state index contributed by atoms with van der Waals surface area (Å²) in [6, 6.07) is 0. The molecular formula is C21H35F3. The van der Waals surface area contributed by atoms with Crippen molar-refractivity contribution in [3.63, 3.8) is 0 Å².